The maximum absolute atomic E-state index is 12.6. The molecule has 0 unspecified atom stereocenters. The number of carbonyl (C=O) groups is 4. The van der Waals surface area contributed by atoms with Crippen LogP contribution in [0.15, 0.2) is 45.4 Å². The summed E-state index contributed by atoms with van der Waals surface area (Å²) in [5.74, 6) is 5.15. The van der Waals surface area contributed by atoms with E-state index < -0.39 is 0 Å². The Morgan fingerprint density at radius 1 is 0.612 bits per heavy atom. The molecule has 2 saturated heterocycles. The summed E-state index contributed by atoms with van der Waals surface area (Å²) in [6.07, 6.45) is 14.0. The van der Waals surface area contributed by atoms with Crippen LogP contribution in [0.25, 0.3) is 22.8 Å². The molecule has 4 fully saturated rings. The van der Waals surface area contributed by atoms with Gasteiger partial charge in [0, 0.05) is 61.0 Å². The molecule has 19 heteroatoms. The van der Waals surface area contributed by atoms with Gasteiger partial charge in [-0.05, 0) is 99.4 Å². The third-order valence-electron chi connectivity index (χ3n) is 13.1. The topological polar surface area (TPSA) is 228 Å². The molecule has 2 aromatic heterocycles. The van der Waals surface area contributed by atoms with Gasteiger partial charge >= 0.3 is 0 Å². The molecule has 0 atom stereocenters. The number of rotatable bonds is 13. The van der Waals surface area contributed by atoms with Crippen molar-refractivity contribution in [3.8, 4) is 45.8 Å². The third kappa shape index (κ3) is 13.9. The van der Waals surface area contributed by atoms with E-state index in [1.807, 2.05) is 29.2 Å². The van der Waals surface area contributed by atoms with Crippen LogP contribution in [0.3, 0.4) is 0 Å². The molecule has 0 spiro atoms. The fourth-order valence-electron chi connectivity index (χ4n) is 8.98. The van der Waals surface area contributed by atoms with Gasteiger partial charge in [0.2, 0.25) is 46.4 Å². The minimum atomic E-state index is -0.130. The van der Waals surface area contributed by atoms with Crippen LogP contribution in [-0.2, 0) is 19.2 Å². The molecule has 4 aromatic rings. The molecule has 0 bridgehead atoms. The third-order valence-corrected chi connectivity index (χ3v) is 13.4. The zero-order chi connectivity index (χ0) is 47.7. The lowest BCUT2D eigenvalue weighted by Crippen LogP contribution is -2.45. The number of nitrogens with zero attached hydrogens (tertiary/aromatic N) is 6. The van der Waals surface area contributed by atoms with Crippen LogP contribution in [0.4, 0.5) is 0 Å². The number of likely N-dealkylation sites (tertiary alicyclic amines) is 2. The number of amides is 3. The van der Waals surface area contributed by atoms with Crippen molar-refractivity contribution >= 4 is 34.6 Å². The number of nitrogens with two attached hydrogens (primary N) is 1. The average Bonchev–Trinajstić information content (AvgIpc) is 4.10. The van der Waals surface area contributed by atoms with Gasteiger partial charge in [0.15, 0.2) is 23.0 Å². The van der Waals surface area contributed by atoms with E-state index in [0.717, 1.165) is 75.3 Å². The molecule has 3 N–H and O–H groups in total. The molecule has 3 amide bonds. The van der Waals surface area contributed by atoms with Crippen molar-refractivity contribution < 1.29 is 47.2 Å². The van der Waals surface area contributed by atoms with Crippen LogP contribution in [-0.4, -0.2) is 121 Å². The molecule has 4 aliphatic rings. The second kappa shape index (κ2) is 25.4. The highest BCUT2D eigenvalue weighted by Gasteiger charge is 2.30. The lowest BCUT2D eigenvalue weighted by atomic mass is 9.89. The molecule has 2 aliphatic carbocycles. The highest BCUT2D eigenvalue weighted by molar-refractivity contribution is 6.63. The van der Waals surface area contributed by atoms with Crippen molar-refractivity contribution in [3.05, 3.63) is 48.2 Å². The van der Waals surface area contributed by atoms with Gasteiger partial charge < -0.3 is 48.8 Å². The summed E-state index contributed by atoms with van der Waals surface area (Å²) in [5.41, 5.74) is 6.99. The van der Waals surface area contributed by atoms with Crippen LogP contribution in [0.2, 0.25) is 0 Å². The van der Waals surface area contributed by atoms with Crippen LogP contribution in [0.5, 0.6) is 23.0 Å². The Hall–Kier alpha value is -5.75. The molecule has 2 saturated carbocycles. The number of aromatic nitrogens is 4. The Morgan fingerprint density at radius 3 is 1.42 bits per heavy atom. The first kappa shape index (κ1) is 50.7. The van der Waals surface area contributed by atoms with Crippen molar-refractivity contribution in [2.45, 2.75) is 102 Å². The normalized spacial score (nSPS) is 17.3. The number of halogens is 1. The highest BCUT2D eigenvalue weighted by Crippen LogP contribution is 2.35. The summed E-state index contributed by atoms with van der Waals surface area (Å²) in [6, 6.07) is 11.0. The maximum Gasteiger partial charge on any atom is 0.241 e. The van der Waals surface area contributed by atoms with Gasteiger partial charge in [0.1, 0.15) is 0 Å². The number of piperidine rings is 2. The molecule has 8 rings (SSSR count). The molecular weight excluding hydrogens is 884 g/mol. The van der Waals surface area contributed by atoms with E-state index in [0.29, 0.717) is 72.6 Å². The van der Waals surface area contributed by atoms with Crippen LogP contribution in [0, 0.1) is 11.8 Å². The highest BCUT2D eigenvalue weighted by atomic mass is 35.5. The smallest absolute Gasteiger partial charge is 0.241 e. The molecule has 364 valence electrons. The first-order valence-corrected chi connectivity index (χ1v) is 23.8. The Balaban J connectivity index is 0.000000191. The Labute approximate surface area is 396 Å². The van der Waals surface area contributed by atoms with Crippen LogP contribution >= 0.6 is 11.6 Å². The minimum absolute atomic E-state index is 0.0185. The minimum Gasteiger partial charge on any atom is -0.493 e. The second-order valence-electron chi connectivity index (χ2n) is 17.3. The summed E-state index contributed by atoms with van der Waals surface area (Å²) in [7, 11) is 6.34. The fourth-order valence-corrected chi connectivity index (χ4v) is 9.20. The fraction of sp³-hybridized carbons (Fsp3) is 0.583. The zero-order valence-corrected chi connectivity index (χ0v) is 39.9. The Bertz CT molecular complexity index is 2220. The predicted octanol–water partition coefficient (Wildman–Crippen LogP) is 6.91. The van der Waals surface area contributed by atoms with E-state index in [4.69, 9.17) is 45.3 Å². The van der Waals surface area contributed by atoms with Gasteiger partial charge in [0.05, 0.1) is 41.5 Å². The van der Waals surface area contributed by atoms with E-state index in [2.05, 4.69) is 25.6 Å². The standard InChI is InChI=1S/C24H32N4O5.C17H22N4O4.C7H11ClO/c1-31-19-9-8-18(14-20(19)32-2)22-26-24(33-27-22)17-10-12-28(13-11-17)21(29)15-25-23(30)16-6-4-3-5-7-16;1-23-13-4-3-12(9-14(13)24-2)16-19-17(25-20-16)11-5-7-21(8-6-11)15(22)10-18;8-7(9)6-4-2-1-3-5-6/h8-9,14,16-17H,3-7,10-13,15H2,1-2H3,(H,25,30);3-4,9,11H,5-8,10,18H2,1-2H3;6H,1-5H2. The van der Waals surface area contributed by atoms with E-state index >= 15 is 0 Å². The zero-order valence-electron chi connectivity index (χ0n) is 39.1. The second-order valence-corrected chi connectivity index (χ2v) is 17.6. The number of methoxy groups -OCH3 is 4. The maximum atomic E-state index is 12.6. The van der Waals surface area contributed by atoms with Crippen LogP contribution < -0.4 is 30.0 Å². The van der Waals surface area contributed by atoms with Crippen molar-refractivity contribution in [2.24, 2.45) is 17.6 Å². The van der Waals surface area contributed by atoms with Gasteiger partial charge in [0.25, 0.3) is 0 Å². The number of hydrogen-bond acceptors (Lipinski definition) is 15. The Kier molecular flexibility index (Phi) is 19.2. The lowest BCUT2D eigenvalue weighted by molar-refractivity contribution is -0.135. The van der Waals surface area contributed by atoms with E-state index in [9.17, 15) is 19.2 Å². The molecule has 67 heavy (non-hydrogen) atoms. The molecule has 2 aromatic carbocycles. The van der Waals surface area contributed by atoms with Gasteiger partial charge in [-0.3, -0.25) is 19.2 Å². The van der Waals surface area contributed by atoms with E-state index in [-0.39, 0.29) is 59.7 Å². The SMILES string of the molecule is COc1ccc(-c2noc(C3CCN(C(=O)CN)CC3)n2)cc1OC.COc1ccc(-c2noc(C3CCN(C(=O)CNC(=O)C4CCCCC4)CC3)n2)cc1OC.O=C(Cl)C1CCCCC1. The Morgan fingerprint density at radius 2 is 1.03 bits per heavy atom. The van der Waals surface area contributed by atoms with Gasteiger partial charge in [-0.2, -0.15) is 9.97 Å². The lowest BCUT2D eigenvalue weighted by Gasteiger charge is -2.30. The molecule has 2 aliphatic heterocycles. The summed E-state index contributed by atoms with van der Waals surface area (Å²) in [4.78, 5) is 59.8. The van der Waals surface area contributed by atoms with Crippen molar-refractivity contribution in [2.75, 3.05) is 67.7 Å². The molecular formula is C48H65ClN8O10. The first-order chi connectivity index (χ1) is 32.5. The van der Waals surface area contributed by atoms with Crippen molar-refractivity contribution in [1.29, 1.82) is 0 Å². The average molecular weight is 950 g/mol. The summed E-state index contributed by atoms with van der Waals surface area (Å²) >= 11 is 5.32. The van der Waals surface area contributed by atoms with Gasteiger partial charge in [-0.25, -0.2) is 0 Å². The van der Waals surface area contributed by atoms with Crippen molar-refractivity contribution in [1.82, 2.24) is 35.4 Å². The largest absolute Gasteiger partial charge is 0.493 e. The van der Waals surface area contributed by atoms with Crippen LogP contribution in [0.1, 0.15) is 114 Å². The predicted molar refractivity (Wildman–Crippen MR) is 249 cm³/mol. The first-order valence-electron chi connectivity index (χ1n) is 23.4. The van der Waals surface area contributed by atoms with E-state index in [1.165, 1.54) is 25.7 Å². The van der Waals surface area contributed by atoms with Crippen molar-refractivity contribution in [3.63, 3.8) is 0 Å². The monoisotopic (exact) mass is 948 g/mol. The summed E-state index contributed by atoms with van der Waals surface area (Å²) < 4.78 is 32.2. The number of ether oxygens (including phenoxy) is 4. The molecule has 4 heterocycles. The number of benzene rings is 2. The quantitative estimate of drug-likeness (QED) is 0.130. The molecule has 0 radical (unpaired) electrons. The van der Waals surface area contributed by atoms with Gasteiger partial charge in [-0.1, -0.05) is 48.8 Å². The number of hydrogen-bond donors (Lipinski definition) is 2. The summed E-state index contributed by atoms with van der Waals surface area (Å²) in [6.45, 7) is 2.66. The number of carbonyl (C=O) groups excluding carboxylic acids is 4. The van der Waals surface area contributed by atoms with Gasteiger partial charge in [-0.15, -0.1) is 0 Å². The van der Waals surface area contributed by atoms with E-state index in [1.54, 1.807) is 45.5 Å². The number of nitrogens with one attached hydrogen (secondary N) is 1. The summed E-state index contributed by atoms with van der Waals surface area (Å²) in [5, 5.41) is 10.9. The molecule has 18 nitrogen and oxygen atoms in total.